The van der Waals surface area contributed by atoms with Crippen molar-refractivity contribution in [3.8, 4) is 0 Å². The number of ether oxygens (including phenoxy) is 1. The van der Waals surface area contributed by atoms with Crippen molar-refractivity contribution in [3.05, 3.63) is 35.9 Å². The Morgan fingerprint density at radius 2 is 1.88 bits per heavy atom. The first-order chi connectivity index (χ1) is 11.5. The molecule has 132 valence electrons. The van der Waals surface area contributed by atoms with Crippen LogP contribution in [0.25, 0.3) is 0 Å². The van der Waals surface area contributed by atoms with Crippen LogP contribution in [0, 0.1) is 0 Å². The van der Waals surface area contributed by atoms with Gasteiger partial charge in [0.15, 0.2) is 0 Å². The molecule has 2 rings (SSSR count). The molecule has 24 heavy (non-hydrogen) atoms. The summed E-state index contributed by atoms with van der Waals surface area (Å²) in [5.74, 6) is -0.509. The molecule has 5 nitrogen and oxygen atoms in total. The molecule has 0 unspecified atom stereocenters. The Morgan fingerprint density at radius 1 is 1.25 bits per heavy atom. The van der Waals surface area contributed by atoms with Gasteiger partial charge in [-0.3, -0.25) is 9.69 Å². The zero-order valence-electron chi connectivity index (χ0n) is 14.9. The molecule has 0 aromatic heterocycles. The van der Waals surface area contributed by atoms with E-state index < -0.39 is 17.6 Å². The number of methoxy groups -OCH3 is 1. The number of hydrogen-bond donors (Lipinski definition) is 1. The SMILES string of the molecule is CC[C@](C)(C(=O)N[C@@H](Cc1ccccc1)C(=O)OC)N1CCCC1. The highest BCUT2D eigenvalue weighted by Gasteiger charge is 2.40. The third-order valence-corrected chi connectivity index (χ3v) is 5.06. The summed E-state index contributed by atoms with van der Waals surface area (Å²) >= 11 is 0. The first-order valence-electron chi connectivity index (χ1n) is 8.69. The third-order valence-electron chi connectivity index (χ3n) is 5.06. The van der Waals surface area contributed by atoms with E-state index in [0.717, 1.165) is 31.5 Å². The predicted molar refractivity (Wildman–Crippen MR) is 93.6 cm³/mol. The summed E-state index contributed by atoms with van der Waals surface area (Å²) in [6, 6.07) is 9.00. The largest absolute Gasteiger partial charge is 0.467 e. The van der Waals surface area contributed by atoms with Crippen molar-refractivity contribution in [2.24, 2.45) is 0 Å². The minimum absolute atomic E-state index is 0.0989. The minimum atomic E-state index is -0.668. The summed E-state index contributed by atoms with van der Waals surface area (Å²) in [7, 11) is 1.35. The molecule has 1 aliphatic heterocycles. The van der Waals surface area contributed by atoms with E-state index in [-0.39, 0.29) is 5.91 Å². The zero-order valence-corrected chi connectivity index (χ0v) is 14.9. The van der Waals surface area contributed by atoms with Crippen molar-refractivity contribution in [2.45, 2.75) is 51.1 Å². The molecule has 0 aliphatic carbocycles. The van der Waals surface area contributed by atoms with Crippen LogP contribution in [0.1, 0.15) is 38.7 Å². The number of hydrogen-bond acceptors (Lipinski definition) is 4. The number of rotatable bonds is 7. The summed E-state index contributed by atoms with van der Waals surface area (Å²) < 4.78 is 4.89. The number of amides is 1. The zero-order chi connectivity index (χ0) is 17.6. The van der Waals surface area contributed by atoms with E-state index in [1.165, 1.54) is 7.11 Å². The summed E-state index contributed by atoms with van der Waals surface area (Å²) in [4.78, 5) is 27.3. The van der Waals surface area contributed by atoms with Crippen LogP contribution in [0.5, 0.6) is 0 Å². The van der Waals surface area contributed by atoms with Gasteiger partial charge in [0.05, 0.1) is 12.6 Å². The van der Waals surface area contributed by atoms with Crippen LogP contribution in [0.4, 0.5) is 0 Å². The lowest BCUT2D eigenvalue weighted by Gasteiger charge is -2.37. The molecular weight excluding hydrogens is 304 g/mol. The molecule has 0 radical (unpaired) electrons. The van der Waals surface area contributed by atoms with Crippen molar-refractivity contribution in [3.63, 3.8) is 0 Å². The van der Waals surface area contributed by atoms with E-state index in [9.17, 15) is 9.59 Å². The molecule has 1 aromatic carbocycles. The molecule has 0 spiro atoms. The van der Waals surface area contributed by atoms with Gasteiger partial charge in [-0.2, -0.15) is 0 Å². The Balaban J connectivity index is 2.12. The predicted octanol–water partition coefficient (Wildman–Crippen LogP) is 2.15. The Labute approximate surface area is 144 Å². The maximum absolute atomic E-state index is 12.9. The number of carbonyl (C=O) groups excluding carboxylic acids is 2. The van der Waals surface area contributed by atoms with E-state index >= 15 is 0 Å². The fraction of sp³-hybridized carbons (Fsp3) is 0.579. The van der Waals surface area contributed by atoms with Gasteiger partial charge >= 0.3 is 5.97 Å². The minimum Gasteiger partial charge on any atom is -0.467 e. The Kier molecular flexibility index (Phi) is 6.37. The van der Waals surface area contributed by atoms with Crippen LogP contribution in [0.3, 0.4) is 0 Å². The summed E-state index contributed by atoms with van der Waals surface area (Å²) in [5.41, 5.74) is 0.409. The van der Waals surface area contributed by atoms with Crippen molar-refractivity contribution >= 4 is 11.9 Å². The molecule has 0 bridgehead atoms. The molecule has 5 heteroatoms. The molecule has 1 N–H and O–H groups in total. The molecule has 1 aromatic rings. The lowest BCUT2D eigenvalue weighted by molar-refractivity contribution is -0.147. The molecule has 1 saturated heterocycles. The maximum atomic E-state index is 12.9. The Hall–Kier alpha value is -1.88. The lowest BCUT2D eigenvalue weighted by Crippen LogP contribution is -2.59. The maximum Gasteiger partial charge on any atom is 0.328 e. The number of esters is 1. The van der Waals surface area contributed by atoms with Crippen LogP contribution in [-0.2, 0) is 20.7 Å². The summed E-state index contributed by atoms with van der Waals surface area (Å²) in [6.07, 6.45) is 3.37. The molecule has 1 aliphatic rings. The normalized spacial score (nSPS) is 18.6. The van der Waals surface area contributed by atoms with E-state index in [1.54, 1.807) is 0 Å². The fourth-order valence-corrected chi connectivity index (χ4v) is 3.24. The van der Waals surface area contributed by atoms with Gasteiger partial charge < -0.3 is 10.1 Å². The smallest absolute Gasteiger partial charge is 0.328 e. The van der Waals surface area contributed by atoms with Crippen molar-refractivity contribution in [1.82, 2.24) is 10.2 Å². The average Bonchev–Trinajstić information content (AvgIpc) is 3.15. The number of nitrogens with one attached hydrogen (secondary N) is 1. The van der Waals surface area contributed by atoms with E-state index in [2.05, 4.69) is 10.2 Å². The monoisotopic (exact) mass is 332 g/mol. The summed E-state index contributed by atoms with van der Waals surface area (Å²) in [5, 5.41) is 2.93. The van der Waals surface area contributed by atoms with Gasteiger partial charge in [-0.1, -0.05) is 37.3 Å². The highest BCUT2D eigenvalue weighted by Crippen LogP contribution is 2.25. The van der Waals surface area contributed by atoms with Gasteiger partial charge in [0.2, 0.25) is 5.91 Å². The quantitative estimate of drug-likeness (QED) is 0.777. The van der Waals surface area contributed by atoms with Crippen molar-refractivity contribution in [2.75, 3.05) is 20.2 Å². The van der Waals surface area contributed by atoms with E-state index in [0.29, 0.717) is 12.8 Å². The van der Waals surface area contributed by atoms with Crippen molar-refractivity contribution < 1.29 is 14.3 Å². The molecule has 0 saturated carbocycles. The van der Waals surface area contributed by atoms with Gasteiger partial charge in [-0.15, -0.1) is 0 Å². The highest BCUT2D eigenvalue weighted by molar-refractivity contribution is 5.90. The second-order valence-corrected chi connectivity index (χ2v) is 6.56. The first-order valence-corrected chi connectivity index (χ1v) is 8.69. The highest BCUT2D eigenvalue weighted by atomic mass is 16.5. The fourth-order valence-electron chi connectivity index (χ4n) is 3.24. The van der Waals surface area contributed by atoms with Crippen LogP contribution >= 0.6 is 0 Å². The second-order valence-electron chi connectivity index (χ2n) is 6.56. The average molecular weight is 332 g/mol. The van der Waals surface area contributed by atoms with Crippen LogP contribution in [-0.4, -0.2) is 48.6 Å². The van der Waals surface area contributed by atoms with E-state index in [1.807, 2.05) is 44.2 Å². The van der Waals surface area contributed by atoms with Crippen LogP contribution in [0.15, 0.2) is 30.3 Å². The standard InChI is InChI=1S/C19H28N2O3/c1-4-19(2,21-12-8-9-13-21)18(23)20-16(17(22)24-3)14-15-10-6-5-7-11-15/h5-7,10-11,16H,4,8-9,12-14H2,1-3H3,(H,20,23)/t16-,19+/m0/s1. The second kappa shape index (κ2) is 8.29. The molecule has 1 amide bonds. The molecular formula is C19H28N2O3. The molecule has 1 heterocycles. The molecule has 1 fully saturated rings. The van der Waals surface area contributed by atoms with Gasteiger partial charge in [0.1, 0.15) is 6.04 Å². The number of carbonyl (C=O) groups is 2. The van der Waals surface area contributed by atoms with Gasteiger partial charge in [0.25, 0.3) is 0 Å². The Bertz CT molecular complexity index is 555. The van der Waals surface area contributed by atoms with Crippen molar-refractivity contribution in [1.29, 1.82) is 0 Å². The number of benzene rings is 1. The van der Waals surface area contributed by atoms with E-state index in [4.69, 9.17) is 4.74 Å². The van der Waals surface area contributed by atoms with Crippen LogP contribution < -0.4 is 5.32 Å². The topological polar surface area (TPSA) is 58.6 Å². The third kappa shape index (κ3) is 4.15. The lowest BCUT2D eigenvalue weighted by atomic mass is 9.94. The summed E-state index contributed by atoms with van der Waals surface area (Å²) in [6.45, 7) is 5.84. The van der Waals surface area contributed by atoms with Gasteiger partial charge in [0, 0.05) is 6.42 Å². The van der Waals surface area contributed by atoms with Gasteiger partial charge in [-0.25, -0.2) is 4.79 Å². The number of nitrogens with zero attached hydrogens (tertiary/aromatic N) is 1. The van der Waals surface area contributed by atoms with Gasteiger partial charge in [-0.05, 0) is 44.8 Å². The Morgan fingerprint density at radius 3 is 2.42 bits per heavy atom. The first kappa shape index (κ1) is 18.5. The number of likely N-dealkylation sites (tertiary alicyclic amines) is 1. The molecule has 2 atom stereocenters. The van der Waals surface area contributed by atoms with Crippen LogP contribution in [0.2, 0.25) is 0 Å².